The lowest BCUT2D eigenvalue weighted by atomic mass is 9.92. The second-order valence-electron chi connectivity index (χ2n) is 5.45. The first kappa shape index (κ1) is 14.8. The van der Waals surface area contributed by atoms with E-state index in [1.165, 1.54) is 44.6 Å². The highest BCUT2D eigenvalue weighted by Gasteiger charge is 2.20. The van der Waals surface area contributed by atoms with Gasteiger partial charge in [0.25, 0.3) is 0 Å². The zero-order valence-electron chi connectivity index (χ0n) is 11.5. The molecule has 1 saturated carbocycles. The van der Waals surface area contributed by atoms with E-state index in [2.05, 4.69) is 15.9 Å². The molecule has 0 N–H and O–H groups in total. The number of ether oxygens (including phenoxy) is 1. The molecule has 3 heteroatoms. The summed E-state index contributed by atoms with van der Waals surface area (Å²) in [6.07, 6.45) is 9.09. The fourth-order valence-electron chi connectivity index (χ4n) is 2.97. The van der Waals surface area contributed by atoms with Crippen LogP contribution in [0.5, 0.6) is 5.75 Å². The van der Waals surface area contributed by atoms with Crippen molar-refractivity contribution in [3.63, 3.8) is 0 Å². The van der Waals surface area contributed by atoms with Gasteiger partial charge in [-0.15, -0.1) is 0 Å². The molecule has 1 aromatic carbocycles. The number of hydrogen-bond acceptors (Lipinski definition) is 1. The van der Waals surface area contributed by atoms with Gasteiger partial charge in [0.05, 0.1) is 7.11 Å². The molecule has 0 aromatic heterocycles. The molecule has 106 valence electrons. The van der Waals surface area contributed by atoms with Gasteiger partial charge in [0.15, 0.2) is 0 Å². The van der Waals surface area contributed by atoms with Crippen LogP contribution in [-0.4, -0.2) is 7.11 Å². The van der Waals surface area contributed by atoms with Crippen LogP contribution in [0.2, 0.25) is 0 Å². The van der Waals surface area contributed by atoms with Gasteiger partial charge < -0.3 is 4.74 Å². The summed E-state index contributed by atoms with van der Waals surface area (Å²) in [4.78, 5) is 0.182. The van der Waals surface area contributed by atoms with Crippen molar-refractivity contribution in [2.75, 3.05) is 7.11 Å². The van der Waals surface area contributed by atoms with Crippen molar-refractivity contribution in [2.24, 2.45) is 5.92 Å². The Bertz CT molecular complexity index is 400. The minimum Gasteiger partial charge on any atom is -0.496 e. The van der Waals surface area contributed by atoms with Crippen molar-refractivity contribution in [1.82, 2.24) is 0 Å². The molecule has 0 heterocycles. The number of rotatable bonds is 4. The molecule has 1 aliphatic rings. The van der Waals surface area contributed by atoms with Crippen LogP contribution in [0.4, 0.5) is 4.39 Å². The number of alkyl halides is 1. The van der Waals surface area contributed by atoms with Crippen molar-refractivity contribution in [1.29, 1.82) is 0 Å². The predicted octanol–water partition coefficient (Wildman–Crippen LogP) is 5.63. The van der Waals surface area contributed by atoms with Crippen molar-refractivity contribution in [2.45, 2.75) is 49.8 Å². The quantitative estimate of drug-likeness (QED) is 0.514. The third kappa shape index (κ3) is 4.20. The van der Waals surface area contributed by atoms with E-state index in [1.54, 1.807) is 19.2 Å². The molecule has 1 fully saturated rings. The zero-order valence-corrected chi connectivity index (χ0v) is 13.1. The Balaban J connectivity index is 2.05. The molecule has 0 bridgehead atoms. The Hall–Kier alpha value is -0.570. The van der Waals surface area contributed by atoms with Crippen LogP contribution in [0.25, 0.3) is 0 Å². The first-order valence-corrected chi connectivity index (χ1v) is 8.09. The molecule has 19 heavy (non-hydrogen) atoms. The molecular weight excluding hydrogens is 307 g/mol. The summed E-state index contributed by atoms with van der Waals surface area (Å²) in [7, 11) is 1.64. The summed E-state index contributed by atoms with van der Waals surface area (Å²) in [5.41, 5.74) is 0.937. The normalized spacial score (nSPS) is 18.9. The van der Waals surface area contributed by atoms with Gasteiger partial charge in [0.2, 0.25) is 0 Å². The number of hydrogen-bond donors (Lipinski definition) is 0. The van der Waals surface area contributed by atoms with Gasteiger partial charge in [-0.2, -0.15) is 0 Å². The molecule has 1 aliphatic carbocycles. The largest absolute Gasteiger partial charge is 0.496 e. The summed E-state index contributed by atoms with van der Waals surface area (Å²) < 4.78 is 18.7. The SMILES string of the molecule is COc1ccc(F)cc1C(Br)CC1CCCCCC1. The summed E-state index contributed by atoms with van der Waals surface area (Å²) in [5, 5.41) is 0. The minimum absolute atomic E-state index is 0.182. The molecule has 0 radical (unpaired) electrons. The van der Waals surface area contributed by atoms with Gasteiger partial charge in [-0.3, -0.25) is 0 Å². The second kappa shape index (κ2) is 7.28. The summed E-state index contributed by atoms with van der Waals surface area (Å²) in [5.74, 6) is 1.33. The van der Waals surface area contributed by atoms with Gasteiger partial charge in [-0.05, 0) is 30.5 Å². The van der Waals surface area contributed by atoms with Crippen LogP contribution < -0.4 is 4.74 Å². The monoisotopic (exact) mass is 328 g/mol. The first-order valence-electron chi connectivity index (χ1n) is 7.18. The lowest BCUT2D eigenvalue weighted by Gasteiger charge is -2.20. The van der Waals surface area contributed by atoms with E-state index < -0.39 is 0 Å². The molecule has 1 atom stereocenters. The van der Waals surface area contributed by atoms with Gasteiger partial charge in [-0.25, -0.2) is 4.39 Å². The summed E-state index contributed by atoms with van der Waals surface area (Å²) in [6, 6.07) is 4.76. The molecule has 0 amide bonds. The van der Waals surface area contributed by atoms with Crippen LogP contribution >= 0.6 is 15.9 Å². The maximum atomic E-state index is 13.4. The molecule has 1 aromatic rings. The fourth-order valence-corrected chi connectivity index (χ4v) is 3.86. The fraction of sp³-hybridized carbons (Fsp3) is 0.625. The smallest absolute Gasteiger partial charge is 0.123 e. The molecule has 0 aliphatic heterocycles. The van der Waals surface area contributed by atoms with E-state index in [9.17, 15) is 4.39 Å². The number of halogens is 2. The lowest BCUT2D eigenvalue weighted by Crippen LogP contribution is -2.04. The van der Waals surface area contributed by atoms with Crippen LogP contribution in [0.15, 0.2) is 18.2 Å². The highest BCUT2D eigenvalue weighted by atomic mass is 79.9. The van der Waals surface area contributed by atoms with Gasteiger partial charge in [-0.1, -0.05) is 54.5 Å². The maximum absolute atomic E-state index is 13.4. The summed E-state index contributed by atoms with van der Waals surface area (Å²) >= 11 is 3.73. The highest BCUT2D eigenvalue weighted by molar-refractivity contribution is 9.09. The van der Waals surface area contributed by atoms with E-state index in [0.717, 1.165) is 23.7 Å². The van der Waals surface area contributed by atoms with Crippen LogP contribution in [-0.2, 0) is 0 Å². The summed E-state index contributed by atoms with van der Waals surface area (Å²) in [6.45, 7) is 0. The molecule has 0 spiro atoms. The number of benzene rings is 1. The molecule has 0 saturated heterocycles. The molecule has 1 unspecified atom stereocenters. The maximum Gasteiger partial charge on any atom is 0.123 e. The van der Waals surface area contributed by atoms with Gasteiger partial charge >= 0.3 is 0 Å². The number of methoxy groups -OCH3 is 1. The standard InChI is InChI=1S/C16H22BrFO/c1-19-16-9-8-13(18)11-14(16)15(17)10-12-6-4-2-3-5-7-12/h8-9,11-12,15H,2-7,10H2,1H3. The van der Waals surface area contributed by atoms with Crippen molar-refractivity contribution >= 4 is 15.9 Å². The van der Waals surface area contributed by atoms with E-state index >= 15 is 0 Å². The Morgan fingerprint density at radius 1 is 1.26 bits per heavy atom. The van der Waals surface area contributed by atoms with E-state index in [4.69, 9.17) is 4.74 Å². The van der Waals surface area contributed by atoms with Crippen molar-refractivity contribution in [3.8, 4) is 5.75 Å². The van der Waals surface area contributed by atoms with Gasteiger partial charge in [0.1, 0.15) is 11.6 Å². The Labute approximate surface area is 123 Å². The van der Waals surface area contributed by atoms with Crippen molar-refractivity contribution < 1.29 is 9.13 Å². The predicted molar refractivity (Wildman–Crippen MR) is 80.4 cm³/mol. The minimum atomic E-state index is -0.193. The average Bonchev–Trinajstić information content (AvgIpc) is 2.67. The Kier molecular flexibility index (Phi) is 5.68. The topological polar surface area (TPSA) is 9.23 Å². The second-order valence-corrected chi connectivity index (χ2v) is 6.55. The molecule has 2 rings (SSSR count). The Morgan fingerprint density at radius 3 is 2.58 bits per heavy atom. The molecular formula is C16H22BrFO. The Morgan fingerprint density at radius 2 is 1.95 bits per heavy atom. The first-order chi connectivity index (χ1) is 9.20. The van der Waals surface area contributed by atoms with E-state index in [0.29, 0.717) is 0 Å². The lowest BCUT2D eigenvalue weighted by molar-refractivity contribution is 0.396. The molecule has 1 nitrogen and oxygen atoms in total. The van der Waals surface area contributed by atoms with Crippen LogP contribution in [0.3, 0.4) is 0 Å². The third-order valence-electron chi connectivity index (χ3n) is 4.04. The van der Waals surface area contributed by atoms with Crippen LogP contribution in [0.1, 0.15) is 55.3 Å². The van der Waals surface area contributed by atoms with E-state index in [-0.39, 0.29) is 10.6 Å². The average molecular weight is 329 g/mol. The van der Waals surface area contributed by atoms with Gasteiger partial charge in [0, 0.05) is 10.4 Å². The third-order valence-corrected chi connectivity index (χ3v) is 4.91. The highest BCUT2D eigenvalue weighted by Crippen LogP contribution is 2.39. The van der Waals surface area contributed by atoms with Crippen molar-refractivity contribution in [3.05, 3.63) is 29.6 Å². The van der Waals surface area contributed by atoms with E-state index in [1.807, 2.05) is 0 Å². The zero-order chi connectivity index (χ0) is 13.7. The van der Waals surface area contributed by atoms with Crippen LogP contribution in [0, 0.1) is 11.7 Å².